The Labute approximate surface area is 227 Å². The van der Waals surface area contributed by atoms with Crippen LogP contribution >= 0.6 is 0 Å². The van der Waals surface area contributed by atoms with E-state index in [0.717, 1.165) is 56.3 Å². The Balaban J connectivity index is 1.60. The number of ether oxygens (including phenoxy) is 1. The van der Waals surface area contributed by atoms with Gasteiger partial charge in [-0.25, -0.2) is 4.85 Å². The number of nitrogens with zero attached hydrogens (tertiary/aromatic N) is 1. The van der Waals surface area contributed by atoms with Gasteiger partial charge in [-0.05, 0) is 74.7 Å². The molecule has 1 aliphatic heterocycles. The van der Waals surface area contributed by atoms with Gasteiger partial charge in [0.25, 0.3) is 0 Å². The summed E-state index contributed by atoms with van der Waals surface area (Å²) in [4.78, 5) is 31.9. The smallest absolute Gasteiger partial charge is 0.226 e. The van der Waals surface area contributed by atoms with Crippen LogP contribution in [0.15, 0.2) is 35.8 Å². The first-order valence-corrected chi connectivity index (χ1v) is 14.5. The van der Waals surface area contributed by atoms with Gasteiger partial charge in [-0.15, -0.1) is 0 Å². The van der Waals surface area contributed by atoms with Crippen LogP contribution in [0.25, 0.3) is 4.85 Å². The molecule has 1 saturated heterocycles. The monoisotopic (exact) mass is 517 g/mol. The zero-order chi connectivity index (χ0) is 27.9. The summed E-state index contributed by atoms with van der Waals surface area (Å²) in [5.41, 5.74) is -2.43. The highest BCUT2D eigenvalue weighted by Gasteiger charge is 2.81. The quantitative estimate of drug-likeness (QED) is 0.399. The maximum Gasteiger partial charge on any atom is 0.226 e. The second kappa shape index (κ2) is 7.11. The van der Waals surface area contributed by atoms with Crippen LogP contribution < -0.4 is 0 Å². The maximum atomic E-state index is 14.7. The summed E-state index contributed by atoms with van der Waals surface area (Å²) >= 11 is 0. The third kappa shape index (κ3) is 2.49. The third-order valence-corrected chi connectivity index (χ3v) is 13.5. The number of carbonyl (C=O) groups excluding carboxylic acids is 2. The van der Waals surface area contributed by atoms with E-state index in [9.17, 15) is 14.7 Å². The Hall–Kier alpha value is -2.19. The molecule has 1 unspecified atom stereocenters. The number of rotatable bonds is 1. The molecule has 9 atom stereocenters. The molecule has 3 saturated carbocycles. The van der Waals surface area contributed by atoms with E-state index in [0.29, 0.717) is 0 Å². The molecule has 0 aromatic carbocycles. The Kier molecular flexibility index (Phi) is 4.87. The van der Waals surface area contributed by atoms with Crippen LogP contribution in [0.3, 0.4) is 0 Å². The van der Waals surface area contributed by atoms with E-state index in [1.54, 1.807) is 6.92 Å². The van der Waals surface area contributed by atoms with E-state index in [4.69, 9.17) is 11.3 Å². The molecular weight excluding hydrogens is 474 g/mol. The molecule has 1 spiro atoms. The fraction of sp³-hybridized carbons (Fsp3) is 0.727. The molecule has 0 aromatic heterocycles. The van der Waals surface area contributed by atoms with Gasteiger partial charge in [-0.1, -0.05) is 59.8 Å². The highest BCUT2D eigenvalue weighted by Crippen LogP contribution is 2.80. The first kappa shape index (κ1) is 26.1. The van der Waals surface area contributed by atoms with Crippen molar-refractivity contribution in [2.24, 2.45) is 44.3 Å². The molecule has 1 heterocycles. The predicted molar refractivity (Wildman–Crippen MR) is 145 cm³/mol. The number of allylic oxidation sites excluding steroid dienone is 4. The standard InChI is InChI=1S/C33H43NO4/c1-19(35)31(8)22-10-11-29(6)23(28(22,5)17-21(34-9)26(31)37)16-25(36)33-24-18-27(3,4)12-14-32(24,20(2)38-33)15-13-30(29,33)7/h16-17,19,22,24,35H,2,10-15,18H2,1,3-8H3/t19?,22-,24-,28+,29-,30+,31+,32-,33-/m1/s1. The first-order chi connectivity index (χ1) is 17.5. The molecule has 5 aliphatic carbocycles. The van der Waals surface area contributed by atoms with E-state index in [1.165, 1.54) is 0 Å². The van der Waals surface area contributed by atoms with Gasteiger partial charge < -0.3 is 14.6 Å². The second-order valence-corrected chi connectivity index (χ2v) is 15.2. The van der Waals surface area contributed by atoms with E-state index >= 15 is 0 Å². The van der Waals surface area contributed by atoms with Crippen molar-refractivity contribution >= 4 is 11.6 Å². The summed E-state index contributed by atoms with van der Waals surface area (Å²) < 4.78 is 6.90. The van der Waals surface area contributed by atoms with Gasteiger partial charge in [0, 0.05) is 27.6 Å². The summed E-state index contributed by atoms with van der Waals surface area (Å²) in [5, 5.41) is 10.9. The lowest BCUT2D eigenvalue weighted by atomic mass is 9.33. The van der Waals surface area contributed by atoms with Crippen molar-refractivity contribution in [1.82, 2.24) is 0 Å². The number of aliphatic hydroxyl groups is 1. The number of ketones is 2. The van der Waals surface area contributed by atoms with E-state index in [2.05, 4.69) is 46.0 Å². The summed E-state index contributed by atoms with van der Waals surface area (Å²) in [6.07, 6.45) is 9.28. The van der Waals surface area contributed by atoms with Crippen molar-refractivity contribution < 1.29 is 19.4 Å². The molecule has 5 heteroatoms. The number of aliphatic hydroxyl groups excluding tert-OH is 1. The van der Waals surface area contributed by atoms with Crippen LogP contribution in [-0.4, -0.2) is 28.4 Å². The molecule has 1 N–H and O–H groups in total. The van der Waals surface area contributed by atoms with Gasteiger partial charge in [0.15, 0.2) is 17.2 Å². The molecule has 4 fully saturated rings. The van der Waals surface area contributed by atoms with Gasteiger partial charge in [0.1, 0.15) is 0 Å². The SMILES string of the molecule is [C-]#[N+]C1=C[C@]2(C)C3=CC(=O)[C@]45OC(=C)[C@@]6(CCC(C)(C)C[C@H]64)CC[C@@]5(C)[C@]3(C)CC[C@H]2[C@](C)(C(C)O)C1=O. The van der Waals surface area contributed by atoms with Crippen LogP contribution in [0, 0.1) is 50.9 Å². The molecule has 0 radical (unpaired) electrons. The van der Waals surface area contributed by atoms with E-state index in [1.807, 2.05) is 19.1 Å². The fourth-order valence-electron chi connectivity index (χ4n) is 10.8. The molecule has 38 heavy (non-hydrogen) atoms. The van der Waals surface area contributed by atoms with Crippen LogP contribution in [-0.2, 0) is 14.3 Å². The highest BCUT2D eigenvalue weighted by atomic mass is 16.5. The van der Waals surface area contributed by atoms with Crippen molar-refractivity contribution in [3.05, 3.63) is 47.2 Å². The molecular formula is C33H43NO4. The Morgan fingerprint density at radius 1 is 1.05 bits per heavy atom. The predicted octanol–water partition coefficient (Wildman–Crippen LogP) is 6.59. The van der Waals surface area contributed by atoms with Crippen molar-refractivity contribution in [3.8, 4) is 0 Å². The van der Waals surface area contributed by atoms with Gasteiger partial charge in [0.2, 0.25) is 5.70 Å². The summed E-state index contributed by atoms with van der Waals surface area (Å²) in [6, 6.07) is 0. The summed E-state index contributed by atoms with van der Waals surface area (Å²) in [7, 11) is 0. The van der Waals surface area contributed by atoms with Crippen molar-refractivity contribution in [2.75, 3.05) is 0 Å². The van der Waals surface area contributed by atoms with Crippen LogP contribution in [0.1, 0.15) is 93.4 Å². The summed E-state index contributed by atoms with van der Waals surface area (Å²) in [6.45, 7) is 27.1. The lowest BCUT2D eigenvalue weighted by Gasteiger charge is -2.69. The Morgan fingerprint density at radius 2 is 1.71 bits per heavy atom. The lowest BCUT2D eigenvalue weighted by molar-refractivity contribution is -0.204. The minimum Gasteiger partial charge on any atom is -0.483 e. The Morgan fingerprint density at radius 3 is 2.34 bits per heavy atom. The minimum atomic E-state index is -1.09. The van der Waals surface area contributed by atoms with Crippen LogP contribution in [0.5, 0.6) is 0 Å². The highest BCUT2D eigenvalue weighted by molar-refractivity contribution is 6.04. The molecule has 5 nitrogen and oxygen atoms in total. The fourth-order valence-corrected chi connectivity index (χ4v) is 10.8. The molecule has 0 aromatic rings. The molecule has 6 rings (SSSR count). The number of Topliss-reactive ketones (excluding diaryl/α,β-unsaturated/α-hetero) is 1. The zero-order valence-electron chi connectivity index (χ0n) is 24.2. The molecule has 6 aliphatic rings. The van der Waals surface area contributed by atoms with Crippen molar-refractivity contribution in [3.63, 3.8) is 0 Å². The number of hydrogen-bond donors (Lipinski definition) is 1. The minimum absolute atomic E-state index is 0.0354. The molecule has 204 valence electrons. The average molecular weight is 518 g/mol. The van der Waals surface area contributed by atoms with Crippen molar-refractivity contribution in [2.45, 2.75) is 105 Å². The van der Waals surface area contributed by atoms with Gasteiger partial charge in [-0.3, -0.25) is 4.79 Å². The normalized spacial score (nSPS) is 51.3. The van der Waals surface area contributed by atoms with Gasteiger partial charge in [-0.2, -0.15) is 0 Å². The topological polar surface area (TPSA) is 68.0 Å². The molecule has 2 bridgehead atoms. The first-order valence-electron chi connectivity index (χ1n) is 14.5. The summed E-state index contributed by atoms with van der Waals surface area (Å²) in [5.74, 6) is 0.473. The van der Waals surface area contributed by atoms with Crippen LogP contribution in [0.2, 0.25) is 0 Å². The lowest BCUT2D eigenvalue weighted by Crippen LogP contribution is -2.71. The third-order valence-electron chi connectivity index (χ3n) is 13.5. The average Bonchev–Trinajstić information content (AvgIpc) is 3.03. The zero-order valence-corrected chi connectivity index (χ0v) is 24.2. The van der Waals surface area contributed by atoms with Crippen LogP contribution in [0.4, 0.5) is 0 Å². The Bertz CT molecular complexity index is 1300. The second-order valence-electron chi connectivity index (χ2n) is 15.2. The molecule has 0 amide bonds. The number of carbonyl (C=O) groups is 2. The van der Waals surface area contributed by atoms with E-state index < -0.39 is 27.9 Å². The van der Waals surface area contributed by atoms with Gasteiger partial charge in [0.05, 0.1) is 18.4 Å². The maximum absolute atomic E-state index is 14.7. The largest absolute Gasteiger partial charge is 0.483 e. The number of fused-ring (bicyclic) bond motifs is 4. The van der Waals surface area contributed by atoms with Crippen molar-refractivity contribution in [1.29, 1.82) is 0 Å². The number of hydrogen-bond acceptors (Lipinski definition) is 4. The van der Waals surface area contributed by atoms with E-state index in [-0.39, 0.29) is 45.3 Å². The van der Waals surface area contributed by atoms with Gasteiger partial charge >= 0.3 is 0 Å².